The van der Waals surface area contributed by atoms with Crippen LogP contribution in [0.25, 0.3) is 10.9 Å². The van der Waals surface area contributed by atoms with Crippen molar-refractivity contribution in [2.24, 2.45) is 5.92 Å². The number of benzene rings is 2. The lowest BCUT2D eigenvalue weighted by Crippen LogP contribution is -2.61. The maximum absolute atomic E-state index is 13.3. The number of para-hydroxylation sites is 1. The highest BCUT2D eigenvalue weighted by molar-refractivity contribution is 5.95. The van der Waals surface area contributed by atoms with Crippen LogP contribution < -0.4 is 15.5 Å². The van der Waals surface area contributed by atoms with Gasteiger partial charge in [0.15, 0.2) is 0 Å². The number of aromatic nitrogens is 1. The fourth-order valence-corrected chi connectivity index (χ4v) is 4.95. The van der Waals surface area contributed by atoms with Gasteiger partial charge in [-0.15, -0.1) is 0 Å². The van der Waals surface area contributed by atoms with E-state index in [1.807, 2.05) is 51.1 Å². The van der Waals surface area contributed by atoms with Crippen LogP contribution in [0, 0.1) is 12.8 Å². The molecule has 1 saturated heterocycles. The van der Waals surface area contributed by atoms with Gasteiger partial charge in [-0.25, -0.2) is 10.3 Å². The Hall–Kier alpha value is -4.18. The van der Waals surface area contributed by atoms with E-state index >= 15 is 0 Å². The predicted octanol–water partition coefficient (Wildman–Crippen LogP) is 4.37. The molecule has 3 aromatic rings. The lowest BCUT2D eigenvalue weighted by molar-refractivity contribution is -0.131. The summed E-state index contributed by atoms with van der Waals surface area (Å²) in [6.45, 7) is 6.99. The van der Waals surface area contributed by atoms with Gasteiger partial charge in [-0.1, -0.05) is 32.0 Å². The Morgan fingerprint density at radius 2 is 1.88 bits per heavy atom. The zero-order valence-corrected chi connectivity index (χ0v) is 23.1. The fourth-order valence-electron chi connectivity index (χ4n) is 4.95. The lowest BCUT2D eigenvalue weighted by atomic mass is 9.85. The molecule has 0 saturated carbocycles. The van der Waals surface area contributed by atoms with Crippen LogP contribution in [0.15, 0.2) is 54.6 Å². The monoisotopic (exact) mass is 548 g/mol. The molecule has 0 spiro atoms. The molecule has 10 nitrogen and oxygen atoms in total. The first-order valence-corrected chi connectivity index (χ1v) is 13.4. The standard InChI is InChI=1S/C30H36N4O6/c1-20(2)17-40-29(37)34-14-6-13-30(19-34,16-27(35)33-38)32-28(36)22-9-11-24(12-10-22)39-18-23-15-21(3)31-26-8-5-4-7-25(23)26/h4-5,7-12,15,20,38H,6,13-14,16-19H2,1-3H3,(H,32,36)(H,33,35). The van der Waals surface area contributed by atoms with E-state index in [0.29, 0.717) is 37.3 Å². The number of nitrogens with zero attached hydrogens (tertiary/aromatic N) is 2. The Morgan fingerprint density at radius 3 is 2.60 bits per heavy atom. The molecule has 4 rings (SSSR count). The van der Waals surface area contributed by atoms with Crippen LogP contribution in [0.4, 0.5) is 4.79 Å². The van der Waals surface area contributed by atoms with Crippen LogP contribution in [0.2, 0.25) is 0 Å². The molecule has 212 valence electrons. The first kappa shape index (κ1) is 28.8. The molecule has 1 aromatic heterocycles. The number of pyridine rings is 1. The Balaban J connectivity index is 1.44. The van der Waals surface area contributed by atoms with Crippen LogP contribution in [0.3, 0.4) is 0 Å². The normalized spacial score (nSPS) is 17.0. The van der Waals surface area contributed by atoms with Crippen molar-refractivity contribution in [3.63, 3.8) is 0 Å². The summed E-state index contributed by atoms with van der Waals surface area (Å²) in [6, 6.07) is 16.6. The summed E-state index contributed by atoms with van der Waals surface area (Å²) in [5.74, 6) is -0.273. The van der Waals surface area contributed by atoms with Crippen LogP contribution in [-0.4, -0.2) is 58.2 Å². The van der Waals surface area contributed by atoms with Crippen molar-refractivity contribution in [1.82, 2.24) is 20.7 Å². The molecule has 1 fully saturated rings. The molecule has 0 aliphatic carbocycles. The minimum atomic E-state index is -1.06. The Labute approximate surface area is 233 Å². The summed E-state index contributed by atoms with van der Waals surface area (Å²) in [5.41, 5.74) is 3.78. The molecule has 0 radical (unpaired) electrons. The number of nitrogens with one attached hydrogen (secondary N) is 2. The van der Waals surface area contributed by atoms with Gasteiger partial charge in [0, 0.05) is 35.3 Å². The first-order chi connectivity index (χ1) is 19.2. The molecule has 2 heterocycles. The second-order valence-corrected chi connectivity index (χ2v) is 10.7. The zero-order valence-electron chi connectivity index (χ0n) is 23.1. The SMILES string of the molecule is Cc1cc(COc2ccc(C(=O)NC3(CC(=O)NO)CCCN(C(=O)OCC(C)C)C3)cc2)c2ccccc2n1. The maximum atomic E-state index is 13.3. The smallest absolute Gasteiger partial charge is 0.409 e. The molecule has 1 atom stereocenters. The summed E-state index contributed by atoms with van der Waals surface area (Å²) < 4.78 is 11.4. The summed E-state index contributed by atoms with van der Waals surface area (Å²) in [6.07, 6.45) is 0.339. The molecule has 1 aliphatic rings. The first-order valence-electron chi connectivity index (χ1n) is 13.4. The van der Waals surface area contributed by atoms with Crippen LogP contribution >= 0.6 is 0 Å². The number of fused-ring (bicyclic) bond motifs is 1. The van der Waals surface area contributed by atoms with E-state index in [9.17, 15) is 14.4 Å². The number of rotatable bonds is 9. The predicted molar refractivity (Wildman–Crippen MR) is 149 cm³/mol. The minimum absolute atomic E-state index is 0.0869. The van der Waals surface area contributed by atoms with Gasteiger partial charge >= 0.3 is 6.09 Å². The third-order valence-corrected chi connectivity index (χ3v) is 6.82. The Morgan fingerprint density at radius 1 is 1.12 bits per heavy atom. The van der Waals surface area contributed by atoms with Gasteiger partial charge in [-0.3, -0.25) is 19.8 Å². The molecule has 3 amide bonds. The van der Waals surface area contributed by atoms with Crippen LogP contribution in [-0.2, 0) is 16.1 Å². The number of aryl methyl sites for hydroxylation is 1. The van der Waals surface area contributed by atoms with E-state index in [-0.39, 0.29) is 25.5 Å². The van der Waals surface area contributed by atoms with Crippen LogP contribution in [0.5, 0.6) is 5.75 Å². The molecule has 1 aliphatic heterocycles. The fraction of sp³-hybridized carbons (Fsp3) is 0.400. The number of likely N-dealkylation sites (tertiary alicyclic amines) is 1. The van der Waals surface area contributed by atoms with E-state index < -0.39 is 23.4 Å². The van der Waals surface area contributed by atoms with E-state index in [1.54, 1.807) is 29.7 Å². The molecule has 3 N–H and O–H groups in total. The highest BCUT2D eigenvalue weighted by Gasteiger charge is 2.41. The Kier molecular flexibility index (Phi) is 9.21. The van der Waals surface area contributed by atoms with Gasteiger partial charge in [-0.05, 0) is 62.1 Å². The zero-order chi connectivity index (χ0) is 28.7. The maximum Gasteiger partial charge on any atom is 0.409 e. The molecule has 2 aromatic carbocycles. The number of amides is 3. The summed E-state index contributed by atoms with van der Waals surface area (Å²) in [4.78, 5) is 44.1. The van der Waals surface area contributed by atoms with Gasteiger partial charge in [0.2, 0.25) is 5.91 Å². The van der Waals surface area contributed by atoms with Crippen molar-refractivity contribution in [2.75, 3.05) is 19.7 Å². The van der Waals surface area contributed by atoms with E-state index in [0.717, 1.165) is 22.2 Å². The van der Waals surface area contributed by atoms with Crippen molar-refractivity contribution in [3.8, 4) is 5.75 Å². The topological polar surface area (TPSA) is 130 Å². The summed E-state index contributed by atoms with van der Waals surface area (Å²) in [7, 11) is 0. The van der Waals surface area contributed by atoms with Crippen LogP contribution in [0.1, 0.15) is 54.7 Å². The van der Waals surface area contributed by atoms with Crippen molar-refractivity contribution < 1.29 is 29.1 Å². The number of carbonyl (C=O) groups excluding carboxylic acids is 3. The van der Waals surface area contributed by atoms with Gasteiger partial charge in [0.1, 0.15) is 12.4 Å². The third-order valence-electron chi connectivity index (χ3n) is 6.82. The average molecular weight is 549 g/mol. The van der Waals surface area contributed by atoms with Gasteiger partial charge in [0.25, 0.3) is 5.91 Å². The van der Waals surface area contributed by atoms with Crippen molar-refractivity contribution >= 4 is 28.8 Å². The van der Waals surface area contributed by atoms with Gasteiger partial charge in [0.05, 0.1) is 24.1 Å². The van der Waals surface area contributed by atoms with E-state index in [2.05, 4.69) is 10.3 Å². The number of hydrogen-bond donors (Lipinski definition) is 3. The number of ether oxygens (including phenoxy) is 2. The quantitative estimate of drug-likeness (QED) is 0.267. The van der Waals surface area contributed by atoms with E-state index in [4.69, 9.17) is 14.7 Å². The third kappa shape index (κ3) is 7.26. The second-order valence-electron chi connectivity index (χ2n) is 10.7. The number of piperidine rings is 1. The highest BCUT2D eigenvalue weighted by Crippen LogP contribution is 2.27. The van der Waals surface area contributed by atoms with Gasteiger partial charge < -0.3 is 19.7 Å². The minimum Gasteiger partial charge on any atom is -0.489 e. The largest absolute Gasteiger partial charge is 0.489 e. The van der Waals surface area contributed by atoms with Gasteiger partial charge in [-0.2, -0.15) is 0 Å². The summed E-state index contributed by atoms with van der Waals surface area (Å²) in [5, 5.41) is 13.1. The number of hydrogen-bond acceptors (Lipinski definition) is 7. The number of carbonyl (C=O) groups is 3. The summed E-state index contributed by atoms with van der Waals surface area (Å²) >= 11 is 0. The highest BCUT2D eigenvalue weighted by atomic mass is 16.6. The Bertz CT molecular complexity index is 1360. The second kappa shape index (κ2) is 12.8. The average Bonchev–Trinajstić information content (AvgIpc) is 2.94. The van der Waals surface area contributed by atoms with E-state index in [1.165, 1.54) is 4.90 Å². The molecular formula is C30H36N4O6. The molecule has 1 unspecified atom stereocenters. The lowest BCUT2D eigenvalue weighted by Gasteiger charge is -2.42. The van der Waals surface area contributed by atoms with Crippen molar-refractivity contribution in [2.45, 2.75) is 52.2 Å². The van der Waals surface area contributed by atoms with Crippen molar-refractivity contribution in [3.05, 3.63) is 71.4 Å². The molecule has 10 heteroatoms. The molecule has 0 bridgehead atoms. The van der Waals surface area contributed by atoms with Crippen molar-refractivity contribution in [1.29, 1.82) is 0 Å². The molecule has 40 heavy (non-hydrogen) atoms. The molecular weight excluding hydrogens is 512 g/mol. The number of hydroxylamine groups is 1.